The summed E-state index contributed by atoms with van der Waals surface area (Å²) < 4.78 is 37.7. The number of hydrogen-bond acceptors (Lipinski definition) is 4. The summed E-state index contributed by atoms with van der Waals surface area (Å²) in [5.74, 6) is 3.05. The Labute approximate surface area is 155 Å². The number of terminal acetylenes is 1. The molecule has 0 spiro atoms. The molecule has 4 nitrogen and oxygen atoms in total. The lowest BCUT2D eigenvalue weighted by atomic mass is 9.82. The van der Waals surface area contributed by atoms with Crippen LogP contribution in [0, 0.1) is 12.3 Å². The predicted octanol–water partition coefficient (Wildman–Crippen LogP) is 4.05. The number of methoxy groups -OCH3 is 1. The van der Waals surface area contributed by atoms with Crippen molar-refractivity contribution < 1.29 is 23.2 Å². The molecule has 1 aromatic rings. The van der Waals surface area contributed by atoms with E-state index in [-0.39, 0.29) is 6.61 Å². The van der Waals surface area contributed by atoms with E-state index in [1.54, 1.807) is 13.2 Å². The molecule has 0 unspecified atom stereocenters. The zero-order valence-electron chi connectivity index (χ0n) is 16.1. The molecule has 2 rings (SSSR count). The van der Waals surface area contributed by atoms with Crippen LogP contribution in [0.25, 0.3) is 5.57 Å². The van der Waals surface area contributed by atoms with Crippen LogP contribution in [0.1, 0.15) is 39.7 Å². The summed E-state index contributed by atoms with van der Waals surface area (Å²) in [6.07, 6.45) is 5.53. The van der Waals surface area contributed by atoms with Crippen LogP contribution < -0.4 is 4.74 Å². The van der Waals surface area contributed by atoms with E-state index in [4.69, 9.17) is 25.2 Å². The molecular weight excluding hydrogens is 334 g/mol. The predicted molar refractivity (Wildman–Crippen MR) is 101 cm³/mol. The average molecular weight is 360 g/mol. The van der Waals surface area contributed by atoms with E-state index in [0.29, 0.717) is 29.9 Å². The van der Waals surface area contributed by atoms with Crippen molar-refractivity contribution in [2.75, 3.05) is 20.3 Å². The SMILES string of the molecule is C#CCOCCC(=C(F)B1OC(C)(C)C(C)(C)O1)c1cccc(OC)c1. The zero-order valence-corrected chi connectivity index (χ0v) is 16.1. The minimum atomic E-state index is -1.06. The third-order valence-corrected chi connectivity index (χ3v) is 4.85. The maximum atomic E-state index is 15.4. The first-order chi connectivity index (χ1) is 12.2. The van der Waals surface area contributed by atoms with Crippen LogP contribution in [0.3, 0.4) is 0 Å². The van der Waals surface area contributed by atoms with Crippen LogP contribution in [0.15, 0.2) is 30.0 Å². The smallest absolute Gasteiger partial charge is 0.497 e. The first-order valence-electron chi connectivity index (χ1n) is 8.61. The molecule has 26 heavy (non-hydrogen) atoms. The van der Waals surface area contributed by atoms with Crippen molar-refractivity contribution in [2.24, 2.45) is 0 Å². The molecule has 0 aliphatic carbocycles. The van der Waals surface area contributed by atoms with Crippen molar-refractivity contribution in [1.29, 1.82) is 0 Å². The van der Waals surface area contributed by atoms with Crippen LogP contribution in [0.4, 0.5) is 4.39 Å². The van der Waals surface area contributed by atoms with E-state index in [2.05, 4.69) is 5.92 Å². The standard InChI is InChI=1S/C20H26BFO4/c1-7-12-24-13-11-17(15-9-8-10-16(14-15)23-6)18(22)21-25-19(2,3)20(4,5)26-21/h1,8-10,14H,11-13H2,2-6H3. The molecule has 0 aromatic heterocycles. The van der Waals surface area contributed by atoms with Crippen molar-refractivity contribution in [2.45, 2.75) is 45.3 Å². The van der Waals surface area contributed by atoms with Gasteiger partial charge in [-0.1, -0.05) is 18.1 Å². The largest absolute Gasteiger partial charge is 0.525 e. The molecule has 1 saturated heterocycles. The second-order valence-corrected chi connectivity index (χ2v) is 7.15. The molecule has 1 aliphatic heterocycles. The third-order valence-electron chi connectivity index (χ3n) is 4.85. The second-order valence-electron chi connectivity index (χ2n) is 7.15. The molecule has 0 bridgehead atoms. The molecule has 6 heteroatoms. The van der Waals surface area contributed by atoms with Gasteiger partial charge in [-0.15, -0.1) is 6.42 Å². The van der Waals surface area contributed by atoms with Gasteiger partial charge in [-0.2, -0.15) is 0 Å². The maximum absolute atomic E-state index is 15.4. The fraction of sp³-hybridized carbons (Fsp3) is 0.500. The Bertz CT molecular complexity index is 690. The Morgan fingerprint density at radius 3 is 2.46 bits per heavy atom. The number of benzene rings is 1. The number of halogens is 1. The van der Waals surface area contributed by atoms with Crippen molar-refractivity contribution in [3.63, 3.8) is 0 Å². The zero-order chi connectivity index (χ0) is 19.4. The molecule has 0 saturated carbocycles. The van der Waals surface area contributed by atoms with E-state index >= 15 is 4.39 Å². The van der Waals surface area contributed by atoms with Crippen LogP contribution in [0.2, 0.25) is 0 Å². The minimum Gasteiger partial charge on any atom is -0.497 e. The second kappa shape index (κ2) is 8.26. The highest BCUT2D eigenvalue weighted by Gasteiger charge is 2.53. The number of ether oxygens (including phenoxy) is 2. The molecule has 0 atom stereocenters. The average Bonchev–Trinajstić information content (AvgIpc) is 2.82. The van der Waals surface area contributed by atoms with Gasteiger partial charge in [0.25, 0.3) is 0 Å². The molecule has 1 aromatic carbocycles. The highest BCUT2D eigenvalue weighted by molar-refractivity contribution is 6.55. The topological polar surface area (TPSA) is 36.9 Å². The van der Waals surface area contributed by atoms with Gasteiger partial charge >= 0.3 is 7.12 Å². The minimum absolute atomic E-state index is 0.184. The third kappa shape index (κ3) is 4.48. The molecule has 0 radical (unpaired) electrons. The summed E-state index contributed by atoms with van der Waals surface area (Å²) in [5, 5.41) is 0. The fourth-order valence-electron chi connectivity index (χ4n) is 2.61. The molecular formula is C20H26BFO4. The summed E-state index contributed by atoms with van der Waals surface area (Å²) in [6.45, 7) is 8.04. The Morgan fingerprint density at radius 2 is 1.88 bits per heavy atom. The van der Waals surface area contributed by atoms with Gasteiger partial charge < -0.3 is 18.8 Å². The van der Waals surface area contributed by atoms with Gasteiger partial charge in [0.2, 0.25) is 0 Å². The Hall–Kier alpha value is -1.81. The Balaban J connectivity index is 2.35. The number of hydrogen-bond donors (Lipinski definition) is 0. The van der Waals surface area contributed by atoms with Crippen LogP contribution in [-0.4, -0.2) is 38.6 Å². The summed E-state index contributed by atoms with van der Waals surface area (Å²) in [4.78, 5) is 0. The highest BCUT2D eigenvalue weighted by Crippen LogP contribution is 2.40. The lowest BCUT2D eigenvalue weighted by Crippen LogP contribution is -2.41. The van der Waals surface area contributed by atoms with Crippen molar-refractivity contribution in [3.8, 4) is 18.1 Å². The molecule has 1 fully saturated rings. The number of rotatable bonds is 7. The van der Waals surface area contributed by atoms with Crippen LogP contribution in [0.5, 0.6) is 5.75 Å². The van der Waals surface area contributed by atoms with E-state index in [1.807, 2.05) is 45.9 Å². The Morgan fingerprint density at radius 1 is 1.23 bits per heavy atom. The van der Waals surface area contributed by atoms with Gasteiger partial charge in [-0.05, 0) is 57.4 Å². The van der Waals surface area contributed by atoms with E-state index in [0.717, 1.165) is 0 Å². The monoisotopic (exact) mass is 360 g/mol. The van der Waals surface area contributed by atoms with Gasteiger partial charge in [0.15, 0.2) is 0 Å². The summed E-state index contributed by atoms with van der Waals surface area (Å²) in [5.41, 5.74) is -0.537. The summed E-state index contributed by atoms with van der Waals surface area (Å²) in [7, 11) is 0.511. The normalized spacial score (nSPS) is 19.0. The van der Waals surface area contributed by atoms with Crippen LogP contribution >= 0.6 is 0 Å². The van der Waals surface area contributed by atoms with Crippen LogP contribution in [-0.2, 0) is 14.0 Å². The lowest BCUT2D eigenvalue weighted by Gasteiger charge is -2.32. The highest BCUT2D eigenvalue weighted by atomic mass is 19.1. The van der Waals surface area contributed by atoms with Gasteiger partial charge in [0.1, 0.15) is 18.1 Å². The van der Waals surface area contributed by atoms with Gasteiger partial charge in [-0.3, -0.25) is 0 Å². The first kappa shape index (κ1) is 20.5. The van der Waals surface area contributed by atoms with Gasteiger partial charge in [0.05, 0.1) is 24.9 Å². The van der Waals surface area contributed by atoms with E-state index < -0.39 is 24.0 Å². The first-order valence-corrected chi connectivity index (χ1v) is 8.61. The maximum Gasteiger partial charge on any atom is 0.525 e. The fourth-order valence-corrected chi connectivity index (χ4v) is 2.61. The summed E-state index contributed by atoms with van der Waals surface area (Å²) in [6, 6.07) is 7.22. The summed E-state index contributed by atoms with van der Waals surface area (Å²) >= 11 is 0. The molecule has 1 aliphatic rings. The molecule has 0 N–H and O–H groups in total. The van der Waals surface area contributed by atoms with E-state index in [9.17, 15) is 0 Å². The van der Waals surface area contributed by atoms with Gasteiger partial charge in [0, 0.05) is 0 Å². The lowest BCUT2D eigenvalue weighted by molar-refractivity contribution is 0.00578. The van der Waals surface area contributed by atoms with Crippen molar-refractivity contribution in [3.05, 3.63) is 35.6 Å². The van der Waals surface area contributed by atoms with Crippen molar-refractivity contribution >= 4 is 12.7 Å². The quantitative estimate of drug-likeness (QED) is 0.418. The van der Waals surface area contributed by atoms with Crippen molar-refractivity contribution in [1.82, 2.24) is 0 Å². The van der Waals surface area contributed by atoms with Gasteiger partial charge in [-0.25, -0.2) is 4.39 Å². The Kier molecular flexibility index (Phi) is 6.51. The van der Waals surface area contributed by atoms with E-state index in [1.165, 1.54) is 0 Å². The molecule has 140 valence electrons. The molecule has 1 heterocycles. The molecule has 0 amide bonds.